The van der Waals surface area contributed by atoms with Crippen LogP contribution in [0.1, 0.15) is 49.7 Å². The van der Waals surface area contributed by atoms with Gasteiger partial charge in [-0.05, 0) is 49.9 Å². The number of carbonyl (C=O) groups excluding carboxylic acids is 3. The summed E-state index contributed by atoms with van der Waals surface area (Å²) in [6.45, 7) is 4.42. The van der Waals surface area contributed by atoms with Gasteiger partial charge >= 0.3 is 0 Å². The fourth-order valence-electron chi connectivity index (χ4n) is 5.08. The van der Waals surface area contributed by atoms with Gasteiger partial charge in [-0.2, -0.15) is 4.31 Å². The van der Waals surface area contributed by atoms with Crippen LogP contribution in [0.5, 0.6) is 0 Å². The van der Waals surface area contributed by atoms with Gasteiger partial charge in [-0.3, -0.25) is 19.3 Å². The van der Waals surface area contributed by atoms with Crippen molar-refractivity contribution in [3.63, 3.8) is 0 Å². The van der Waals surface area contributed by atoms with Crippen molar-refractivity contribution >= 4 is 27.7 Å². The third-order valence-electron chi connectivity index (χ3n) is 7.30. The number of nitrogens with zero attached hydrogens (tertiary/aromatic N) is 3. The van der Waals surface area contributed by atoms with E-state index >= 15 is 0 Å². The van der Waals surface area contributed by atoms with Gasteiger partial charge < -0.3 is 4.90 Å². The van der Waals surface area contributed by atoms with Gasteiger partial charge in [-0.15, -0.1) is 0 Å². The predicted octanol–water partition coefficient (Wildman–Crippen LogP) is 1.85. The van der Waals surface area contributed by atoms with E-state index in [4.69, 9.17) is 0 Å². The first-order valence-corrected chi connectivity index (χ1v) is 12.8. The third-order valence-corrected chi connectivity index (χ3v) is 9.20. The van der Waals surface area contributed by atoms with E-state index in [2.05, 4.69) is 0 Å². The van der Waals surface area contributed by atoms with Crippen LogP contribution in [0.15, 0.2) is 23.1 Å². The molecule has 0 aromatic heterocycles. The lowest BCUT2D eigenvalue weighted by Gasteiger charge is -2.35. The van der Waals surface area contributed by atoms with Gasteiger partial charge in [-0.1, -0.05) is 25.3 Å². The monoisotopic (exact) mass is 461 g/mol. The van der Waals surface area contributed by atoms with Crippen molar-refractivity contribution in [1.82, 2.24) is 14.1 Å². The van der Waals surface area contributed by atoms with Crippen LogP contribution >= 0.6 is 0 Å². The first-order chi connectivity index (χ1) is 15.1. The average Bonchev–Trinajstić information content (AvgIpc) is 2.99. The molecule has 1 aromatic carbocycles. The van der Waals surface area contributed by atoms with Crippen LogP contribution in [0.3, 0.4) is 0 Å². The fourth-order valence-corrected chi connectivity index (χ4v) is 6.58. The van der Waals surface area contributed by atoms with E-state index < -0.39 is 15.4 Å². The molecule has 0 unspecified atom stereocenters. The Labute approximate surface area is 189 Å². The Morgan fingerprint density at radius 1 is 0.969 bits per heavy atom. The zero-order chi connectivity index (χ0) is 23.1. The number of rotatable bonds is 4. The van der Waals surface area contributed by atoms with Gasteiger partial charge in [0.05, 0.1) is 10.3 Å². The second kappa shape index (κ2) is 8.59. The standard InChI is InChI=1S/C23H31N3O5S/c1-17-6-7-19(14-18(17)2)32(30,31)25-12-10-24(11-13-25)21(28)16-26-20(27)15-23(22(26)29)8-4-3-5-9-23/h6-7,14H,3-5,8-13,15-16H2,1-2H3. The lowest BCUT2D eigenvalue weighted by molar-refractivity contribution is -0.148. The summed E-state index contributed by atoms with van der Waals surface area (Å²) >= 11 is 0. The summed E-state index contributed by atoms with van der Waals surface area (Å²) in [5.41, 5.74) is 1.34. The highest BCUT2D eigenvalue weighted by Crippen LogP contribution is 2.45. The SMILES string of the molecule is Cc1ccc(S(=O)(=O)N2CCN(C(=O)CN3C(=O)CC4(CCCCC4)C3=O)CC2)cc1C. The highest BCUT2D eigenvalue weighted by atomic mass is 32.2. The molecule has 2 aliphatic heterocycles. The number of piperazine rings is 1. The summed E-state index contributed by atoms with van der Waals surface area (Å²) in [5.74, 6) is -0.768. The number of imide groups is 1. The second-order valence-electron chi connectivity index (χ2n) is 9.33. The molecule has 8 nitrogen and oxygen atoms in total. The minimum atomic E-state index is -3.63. The number of aryl methyl sites for hydroxylation is 2. The van der Waals surface area contributed by atoms with Crippen molar-refractivity contribution in [3.8, 4) is 0 Å². The molecule has 3 amide bonds. The molecule has 3 fully saturated rings. The smallest absolute Gasteiger partial charge is 0.243 e. The van der Waals surface area contributed by atoms with Crippen molar-refractivity contribution in [3.05, 3.63) is 29.3 Å². The Hall–Kier alpha value is -2.26. The van der Waals surface area contributed by atoms with Crippen LogP contribution < -0.4 is 0 Å². The topological polar surface area (TPSA) is 95.1 Å². The second-order valence-corrected chi connectivity index (χ2v) is 11.3. The molecule has 4 rings (SSSR count). The van der Waals surface area contributed by atoms with Crippen molar-refractivity contribution in [2.75, 3.05) is 32.7 Å². The van der Waals surface area contributed by atoms with Gasteiger partial charge in [0, 0.05) is 32.6 Å². The van der Waals surface area contributed by atoms with Gasteiger partial charge in [0.2, 0.25) is 27.7 Å². The molecule has 1 aromatic rings. The number of benzene rings is 1. The predicted molar refractivity (Wildman–Crippen MR) is 118 cm³/mol. The van der Waals surface area contributed by atoms with Crippen molar-refractivity contribution in [2.24, 2.45) is 5.41 Å². The molecule has 0 atom stereocenters. The minimum Gasteiger partial charge on any atom is -0.338 e. The third kappa shape index (κ3) is 4.08. The molecule has 0 N–H and O–H groups in total. The molecule has 1 saturated carbocycles. The number of sulfonamides is 1. The van der Waals surface area contributed by atoms with Crippen LogP contribution in [0, 0.1) is 19.3 Å². The van der Waals surface area contributed by atoms with Gasteiger partial charge in [0.25, 0.3) is 0 Å². The van der Waals surface area contributed by atoms with Gasteiger partial charge in [0.15, 0.2) is 0 Å². The van der Waals surface area contributed by atoms with Crippen LogP contribution in [0.4, 0.5) is 0 Å². The quantitative estimate of drug-likeness (QED) is 0.638. The van der Waals surface area contributed by atoms with Crippen LogP contribution in [-0.4, -0.2) is 73.0 Å². The molecule has 2 heterocycles. The van der Waals surface area contributed by atoms with E-state index in [1.165, 1.54) is 4.31 Å². The minimum absolute atomic E-state index is 0.187. The van der Waals surface area contributed by atoms with E-state index in [0.29, 0.717) is 0 Å². The highest BCUT2D eigenvalue weighted by Gasteiger charge is 2.52. The van der Waals surface area contributed by atoms with Crippen LogP contribution in [-0.2, 0) is 24.4 Å². The first-order valence-electron chi connectivity index (χ1n) is 11.3. The molecule has 0 bridgehead atoms. The Morgan fingerprint density at radius 2 is 1.62 bits per heavy atom. The normalized spacial score (nSPS) is 22.1. The lowest BCUT2D eigenvalue weighted by atomic mass is 9.73. The largest absolute Gasteiger partial charge is 0.338 e. The van der Waals surface area contributed by atoms with Gasteiger partial charge in [-0.25, -0.2) is 8.42 Å². The van der Waals surface area contributed by atoms with E-state index in [0.717, 1.165) is 48.1 Å². The Kier molecular flexibility index (Phi) is 6.15. The van der Waals surface area contributed by atoms with Crippen LogP contribution in [0.25, 0.3) is 0 Å². The molecule has 0 radical (unpaired) electrons. The molecule has 9 heteroatoms. The fraction of sp³-hybridized carbons (Fsp3) is 0.609. The van der Waals surface area contributed by atoms with Crippen molar-refractivity contribution in [2.45, 2.75) is 57.3 Å². The molecular formula is C23H31N3O5S. The number of amides is 3. The Morgan fingerprint density at radius 3 is 2.25 bits per heavy atom. The lowest BCUT2D eigenvalue weighted by Crippen LogP contribution is -2.53. The number of hydrogen-bond acceptors (Lipinski definition) is 5. The van der Waals surface area contributed by atoms with E-state index in [-0.39, 0.29) is 61.8 Å². The molecule has 32 heavy (non-hydrogen) atoms. The average molecular weight is 462 g/mol. The Balaban J connectivity index is 1.37. The summed E-state index contributed by atoms with van der Waals surface area (Å²) in [4.78, 5) is 41.2. The number of hydrogen-bond donors (Lipinski definition) is 0. The zero-order valence-corrected chi connectivity index (χ0v) is 19.6. The number of carbonyl (C=O) groups is 3. The maximum Gasteiger partial charge on any atom is 0.243 e. The zero-order valence-electron chi connectivity index (χ0n) is 18.8. The van der Waals surface area contributed by atoms with E-state index in [1.54, 1.807) is 23.1 Å². The number of likely N-dealkylation sites (tertiary alicyclic amines) is 1. The summed E-state index contributed by atoms with van der Waals surface area (Å²) in [7, 11) is -3.63. The first kappa shape index (κ1) is 22.9. The molecule has 174 valence electrons. The molecule has 2 saturated heterocycles. The van der Waals surface area contributed by atoms with E-state index in [9.17, 15) is 22.8 Å². The maximum atomic E-state index is 13.0. The van der Waals surface area contributed by atoms with E-state index in [1.807, 2.05) is 13.8 Å². The summed E-state index contributed by atoms with van der Waals surface area (Å²) in [5, 5.41) is 0. The molecule has 3 aliphatic rings. The maximum absolute atomic E-state index is 13.0. The molecule has 1 spiro atoms. The van der Waals surface area contributed by atoms with Crippen molar-refractivity contribution in [1.29, 1.82) is 0 Å². The molecule has 1 aliphatic carbocycles. The highest BCUT2D eigenvalue weighted by molar-refractivity contribution is 7.89. The van der Waals surface area contributed by atoms with Crippen molar-refractivity contribution < 1.29 is 22.8 Å². The summed E-state index contributed by atoms with van der Waals surface area (Å²) in [6.07, 6.45) is 4.61. The summed E-state index contributed by atoms with van der Waals surface area (Å²) < 4.78 is 27.4. The van der Waals surface area contributed by atoms with Crippen LogP contribution in [0.2, 0.25) is 0 Å². The van der Waals surface area contributed by atoms with Gasteiger partial charge in [0.1, 0.15) is 6.54 Å². The Bertz CT molecular complexity index is 1040. The summed E-state index contributed by atoms with van der Waals surface area (Å²) in [6, 6.07) is 5.08. The molecular weight excluding hydrogens is 430 g/mol.